The highest BCUT2D eigenvalue weighted by molar-refractivity contribution is 7.85. The van der Waals surface area contributed by atoms with E-state index in [0.717, 1.165) is 22.6 Å². The van der Waals surface area contributed by atoms with Gasteiger partial charge in [-0.15, -0.1) is 0 Å². The van der Waals surface area contributed by atoms with Gasteiger partial charge in [-0.25, -0.2) is 26.4 Å². The largest absolute Gasteiger partial charge is 0.748 e. The molecule has 2 aromatic rings. The van der Waals surface area contributed by atoms with Crippen molar-refractivity contribution in [3.63, 3.8) is 0 Å². The maximum absolute atomic E-state index is 12.7. The fourth-order valence-corrected chi connectivity index (χ4v) is 9.73. The van der Waals surface area contributed by atoms with Gasteiger partial charge < -0.3 is 24.1 Å². The van der Waals surface area contributed by atoms with Crippen LogP contribution in [0.4, 0.5) is 11.4 Å². The van der Waals surface area contributed by atoms with Crippen molar-refractivity contribution in [2.45, 2.75) is 89.6 Å². The van der Waals surface area contributed by atoms with E-state index < -0.39 is 55.0 Å². The zero-order valence-electron chi connectivity index (χ0n) is 31.1. The second kappa shape index (κ2) is 14.5. The molecule has 0 saturated heterocycles. The van der Waals surface area contributed by atoms with E-state index in [0.29, 0.717) is 59.4 Å². The van der Waals surface area contributed by atoms with Gasteiger partial charge in [-0.05, 0) is 64.2 Å². The Labute approximate surface area is 315 Å². The van der Waals surface area contributed by atoms with Gasteiger partial charge >= 0.3 is 0 Å². The molecule has 54 heavy (non-hydrogen) atoms. The quantitative estimate of drug-likeness (QED) is 0.150. The van der Waals surface area contributed by atoms with Gasteiger partial charge in [0.1, 0.15) is 17.6 Å². The molecule has 2 unspecified atom stereocenters. The summed E-state index contributed by atoms with van der Waals surface area (Å²) in [5.74, 6) is -1.70. The van der Waals surface area contributed by atoms with Gasteiger partial charge in [-0.2, -0.15) is 0 Å². The van der Waals surface area contributed by atoms with Gasteiger partial charge in [0.2, 0.25) is 11.3 Å². The Morgan fingerprint density at radius 3 is 2.31 bits per heavy atom. The highest BCUT2D eigenvalue weighted by Gasteiger charge is 2.42. The number of nitrogens with one attached hydrogen (secondary N) is 1. The molecule has 0 aliphatic carbocycles. The van der Waals surface area contributed by atoms with Crippen molar-refractivity contribution < 1.29 is 45.1 Å². The highest BCUT2D eigenvalue weighted by Crippen LogP contribution is 2.49. The number of nitrogens with zero attached hydrogens (tertiary/aromatic N) is 4. The Balaban J connectivity index is 1.31. The van der Waals surface area contributed by atoms with Crippen molar-refractivity contribution in [2.24, 2.45) is 4.99 Å². The minimum Gasteiger partial charge on any atom is -0.748 e. The number of carbonyl (C=O) groups excluding carboxylic acids is 3. The number of amides is 3. The van der Waals surface area contributed by atoms with Gasteiger partial charge in [0.05, 0.1) is 26.3 Å². The third kappa shape index (κ3) is 8.53. The van der Waals surface area contributed by atoms with Crippen molar-refractivity contribution in [2.75, 3.05) is 42.6 Å². The average molecular weight is 785 g/mol. The summed E-state index contributed by atoms with van der Waals surface area (Å²) in [6.45, 7) is 11.2. The van der Waals surface area contributed by atoms with Gasteiger partial charge in [0.15, 0.2) is 17.0 Å². The molecule has 0 bridgehead atoms. The Morgan fingerprint density at radius 1 is 0.944 bits per heavy atom. The van der Waals surface area contributed by atoms with Gasteiger partial charge in [0, 0.05) is 91.3 Å². The van der Waals surface area contributed by atoms with Crippen LogP contribution in [-0.2, 0) is 34.6 Å². The number of benzene rings is 2. The molecule has 15 nitrogen and oxygen atoms in total. The fourth-order valence-electron chi connectivity index (χ4n) is 8.45. The van der Waals surface area contributed by atoms with Crippen LogP contribution in [0.25, 0.3) is 0 Å². The fraction of sp³-hybridized carbons (Fsp3) is 0.541. The van der Waals surface area contributed by atoms with Crippen molar-refractivity contribution >= 4 is 49.3 Å². The normalized spacial score (nSPS) is 21.1. The molecule has 4 aliphatic rings. The number of imide groups is 1. The summed E-state index contributed by atoms with van der Waals surface area (Å²) >= 11 is 0. The minimum absolute atomic E-state index is 0.0651. The third-order valence-electron chi connectivity index (χ3n) is 10.8. The maximum Gasteiger partial charge on any atom is 0.253 e. The van der Waals surface area contributed by atoms with Crippen LogP contribution in [-0.4, -0.2) is 97.3 Å². The van der Waals surface area contributed by atoms with Gasteiger partial charge in [-0.3, -0.25) is 19.3 Å². The summed E-state index contributed by atoms with van der Waals surface area (Å²) in [4.78, 5) is 44.4. The summed E-state index contributed by atoms with van der Waals surface area (Å²) in [7, 11) is -8.96. The standard InChI is InChI=1S/C37H47N5O10S2/c1-23-20-36(2,3)42(13-7-15-53(46,47)48)29-18-31-27(16-25(23)29)39-28-17-26-24(22-54(49,50)51)21-37(4,5)41(30(26)19-32(28)52-31)12-6-8-33(43)38-11-14-40-34(44)9-10-35(40)45/h9-10,16-19,23-24H,6-8,11-15,20-22H2,1-5H3,(H2-,38,43,46,47,48,49,50,51)/p-1. The van der Waals surface area contributed by atoms with Crippen LogP contribution in [0.3, 0.4) is 0 Å². The molecule has 0 saturated carbocycles. The summed E-state index contributed by atoms with van der Waals surface area (Å²) < 4.78 is 79.1. The first-order valence-electron chi connectivity index (χ1n) is 18.1. The predicted octanol–water partition coefficient (Wildman–Crippen LogP) is 1.89. The van der Waals surface area contributed by atoms with Crippen molar-refractivity contribution in [1.29, 1.82) is 0 Å². The lowest BCUT2D eigenvalue weighted by Gasteiger charge is -2.48. The summed E-state index contributed by atoms with van der Waals surface area (Å²) in [6.07, 6.45) is 4.28. The first kappa shape index (κ1) is 39.5. The van der Waals surface area contributed by atoms with E-state index in [9.17, 15) is 40.3 Å². The smallest absolute Gasteiger partial charge is 0.253 e. The van der Waals surface area contributed by atoms with E-state index in [4.69, 9.17) is 9.73 Å². The number of ether oxygens (including phenoxy) is 1. The van der Waals surface area contributed by atoms with Crippen LogP contribution in [0.1, 0.15) is 89.7 Å². The van der Waals surface area contributed by atoms with Gasteiger partial charge in [-0.1, -0.05) is 6.92 Å². The Bertz CT molecular complexity index is 2270. The lowest BCUT2D eigenvalue weighted by Crippen LogP contribution is -2.54. The number of fused-ring (bicyclic) bond motifs is 4. The maximum atomic E-state index is 12.7. The van der Waals surface area contributed by atoms with Crippen molar-refractivity contribution in [3.05, 3.63) is 58.3 Å². The van der Waals surface area contributed by atoms with E-state index in [2.05, 4.69) is 35.6 Å². The number of rotatable bonds is 13. The van der Waals surface area contributed by atoms with Crippen molar-refractivity contribution in [1.82, 2.24) is 14.8 Å². The second-order valence-electron chi connectivity index (χ2n) is 15.9. The van der Waals surface area contributed by atoms with Crippen LogP contribution in [0.5, 0.6) is 11.5 Å². The lowest BCUT2D eigenvalue weighted by atomic mass is 9.79. The third-order valence-corrected chi connectivity index (χ3v) is 12.4. The topological polar surface area (TPSA) is 209 Å². The van der Waals surface area contributed by atoms with E-state index in [1.165, 1.54) is 12.2 Å². The molecule has 2 aromatic carbocycles. The molecule has 6 rings (SSSR count). The summed E-state index contributed by atoms with van der Waals surface area (Å²) in [5, 5.41) is 3.91. The first-order valence-corrected chi connectivity index (χ1v) is 21.3. The number of anilines is 1. The number of hydrogen-bond donors (Lipinski definition) is 1. The molecular weight excluding hydrogens is 739 g/mol. The van der Waals surface area contributed by atoms with E-state index in [-0.39, 0.29) is 43.3 Å². The average Bonchev–Trinajstić information content (AvgIpc) is 3.36. The summed E-state index contributed by atoms with van der Waals surface area (Å²) in [5.41, 5.74) is 2.16. The molecule has 3 amide bonds. The highest BCUT2D eigenvalue weighted by atomic mass is 32.2. The zero-order valence-corrected chi connectivity index (χ0v) is 32.7. The van der Waals surface area contributed by atoms with Crippen LogP contribution in [0, 0.1) is 0 Å². The lowest BCUT2D eigenvalue weighted by molar-refractivity contribution is -0.137. The molecule has 4 aliphatic heterocycles. The second-order valence-corrected chi connectivity index (χ2v) is 18.8. The predicted molar refractivity (Wildman–Crippen MR) is 197 cm³/mol. The Morgan fingerprint density at radius 2 is 1.65 bits per heavy atom. The van der Waals surface area contributed by atoms with Crippen molar-refractivity contribution in [3.8, 4) is 11.5 Å². The molecular formula is C37H46N5O10S2-. The molecule has 0 radical (unpaired) electrons. The monoisotopic (exact) mass is 784 g/mol. The summed E-state index contributed by atoms with van der Waals surface area (Å²) in [6, 6.07) is 7.46. The molecule has 0 aromatic heterocycles. The van der Waals surface area contributed by atoms with Crippen LogP contribution < -0.4 is 30.2 Å². The molecule has 4 heterocycles. The molecule has 17 heteroatoms. The van der Waals surface area contributed by atoms with Crippen LogP contribution in [0.15, 0.2) is 41.4 Å². The van der Waals surface area contributed by atoms with Crippen LogP contribution >= 0.6 is 0 Å². The molecule has 1 N–H and O–H groups in total. The SMILES string of the molecule is CC1CC(C)(C)N(CCCS(=O)(=O)[O-])c2cc3c(cc21)N=c1cc2c(cc1O3)=[N+](CCCC(=O)NCCN1C(=O)C=CC1=O)C(C)(C)CC2CS(=O)(=O)[O-]. The first-order chi connectivity index (χ1) is 25.1. The molecule has 2 atom stereocenters. The zero-order chi connectivity index (χ0) is 39.4. The van der Waals surface area contributed by atoms with E-state index >= 15 is 0 Å². The van der Waals surface area contributed by atoms with Gasteiger partial charge in [0.25, 0.3) is 11.8 Å². The van der Waals surface area contributed by atoms with E-state index in [1.54, 1.807) is 6.07 Å². The number of hydrogen-bond acceptors (Lipinski definition) is 12. The Hall–Kier alpha value is -4.19. The molecule has 0 spiro atoms. The molecule has 292 valence electrons. The minimum atomic E-state index is -4.59. The number of carbonyl (C=O) groups is 3. The molecule has 0 fully saturated rings. The Kier molecular flexibility index (Phi) is 10.6. The van der Waals surface area contributed by atoms with Crippen LogP contribution in [0.2, 0.25) is 0 Å². The van der Waals surface area contributed by atoms with E-state index in [1.807, 2.05) is 32.0 Å².